The Morgan fingerprint density at radius 1 is 1.30 bits per heavy atom. The molecule has 2 unspecified atom stereocenters. The number of carbonyl (C=O) groups is 1. The Morgan fingerprint density at radius 2 is 1.96 bits per heavy atom. The molecule has 2 N–H and O–H groups in total. The van der Waals surface area contributed by atoms with Gasteiger partial charge in [0.05, 0.1) is 0 Å². The van der Waals surface area contributed by atoms with Crippen LogP contribution in [0.5, 0.6) is 0 Å². The molecule has 3 heteroatoms. The molecule has 128 valence electrons. The molecule has 1 aromatic carbocycles. The van der Waals surface area contributed by atoms with Gasteiger partial charge >= 0.3 is 0 Å². The van der Waals surface area contributed by atoms with Crippen molar-refractivity contribution in [2.75, 3.05) is 6.54 Å². The van der Waals surface area contributed by atoms with Crippen LogP contribution in [0.3, 0.4) is 0 Å². The number of rotatable bonds is 5. The zero-order valence-electron chi connectivity index (χ0n) is 14.6. The molecule has 3 nitrogen and oxygen atoms in total. The van der Waals surface area contributed by atoms with Crippen LogP contribution in [0.4, 0.5) is 0 Å². The number of ketones is 1. The zero-order valence-corrected chi connectivity index (χ0v) is 14.6. The van der Waals surface area contributed by atoms with Crippen LogP contribution in [-0.2, 0) is 24.1 Å². The van der Waals surface area contributed by atoms with Gasteiger partial charge in [0.2, 0.25) is 0 Å². The second-order valence-corrected chi connectivity index (χ2v) is 6.84. The van der Waals surface area contributed by atoms with Crippen LogP contribution < -0.4 is 5.32 Å². The maximum Gasteiger partial charge on any atom is 0.136 e. The van der Waals surface area contributed by atoms with E-state index in [1.807, 2.05) is 6.92 Å². The van der Waals surface area contributed by atoms with Gasteiger partial charge in [-0.25, -0.2) is 0 Å². The Balaban J connectivity index is 0.000000326. The van der Waals surface area contributed by atoms with Crippen LogP contribution in [0, 0.1) is 5.92 Å². The predicted molar refractivity (Wildman–Crippen MR) is 94.5 cm³/mol. The van der Waals surface area contributed by atoms with Gasteiger partial charge in [-0.15, -0.1) is 0 Å². The molecular formula is C20H31NO2. The second kappa shape index (κ2) is 9.19. The SMILES string of the molecule is CCC(C)C(=O)CCc1ccc2c(c1)CCCC2.OC1CCN1. The summed E-state index contributed by atoms with van der Waals surface area (Å²) >= 11 is 0. The first kappa shape index (κ1) is 18.2. The van der Waals surface area contributed by atoms with Crippen LogP contribution in [-0.4, -0.2) is 23.7 Å². The molecule has 1 heterocycles. The number of benzene rings is 1. The maximum absolute atomic E-state index is 11.8. The Labute approximate surface area is 140 Å². The summed E-state index contributed by atoms with van der Waals surface area (Å²) in [5.74, 6) is 0.637. The molecule has 1 fully saturated rings. The van der Waals surface area contributed by atoms with Gasteiger partial charge in [0.1, 0.15) is 12.0 Å². The van der Waals surface area contributed by atoms with E-state index < -0.39 is 0 Å². The summed E-state index contributed by atoms with van der Waals surface area (Å²) in [4.78, 5) is 11.8. The van der Waals surface area contributed by atoms with Crippen molar-refractivity contribution in [1.82, 2.24) is 5.32 Å². The van der Waals surface area contributed by atoms with Gasteiger partial charge in [0, 0.05) is 18.9 Å². The van der Waals surface area contributed by atoms with E-state index in [-0.39, 0.29) is 12.1 Å². The van der Waals surface area contributed by atoms with E-state index in [4.69, 9.17) is 5.11 Å². The molecule has 2 aliphatic rings. The summed E-state index contributed by atoms with van der Waals surface area (Å²) in [6.45, 7) is 5.11. The molecule has 1 aliphatic carbocycles. The molecular weight excluding hydrogens is 286 g/mol. The van der Waals surface area contributed by atoms with E-state index in [1.165, 1.54) is 42.4 Å². The van der Waals surface area contributed by atoms with E-state index in [0.29, 0.717) is 12.2 Å². The van der Waals surface area contributed by atoms with Crippen molar-refractivity contribution in [3.05, 3.63) is 34.9 Å². The van der Waals surface area contributed by atoms with Crippen molar-refractivity contribution in [3.8, 4) is 0 Å². The van der Waals surface area contributed by atoms with E-state index in [1.54, 1.807) is 0 Å². The third-order valence-electron chi connectivity index (χ3n) is 5.03. The van der Waals surface area contributed by atoms with Crippen molar-refractivity contribution in [2.24, 2.45) is 5.92 Å². The highest BCUT2D eigenvalue weighted by atomic mass is 16.3. The minimum atomic E-state index is -0.185. The first-order chi connectivity index (χ1) is 11.1. The highest BCUT2D eigenvalue weighted by Gasteiger charge is 2.12. The number of fused-ring (bicyclic) bond motifs is 1. The predicted octanol–water partition coefficient (Wildman–Crippen LogP) is 3.41. The lowest BCUT2D eigenvalue weighted by Crippen LogP contribution is -2.42. The fourth-order valence-electron chi connectivity index (χ4n) is 2.96. The molecule has 0 spiro atoms. The monoisotopic (exact) mass is 317 g/mol. The van der Waals surface area contributed by atoms with Gasteiger partial charge < -0.3 is 5.11 Å². The standard InChI is InChI=1S/C17H24O.C3H7NO/c1-3-13(2)17(18)11-9-14-8-10-15-6-4-5-7-16(15)12-14;5-3-1-2-4-3/h8,10,12-13H,3-7,9,11H2,1-2H3;3-5H,1-2H2. The highest BCUT2D eigenvalue weighted by molar-refractivity contribution is 5.80. The first-order valence-electron chi connectivity index (χ1n) is 9.15. The molecule has 0 bridgehead atoms. The molecule has 0 amide bonds. The van der Waals surface area contributed by atoms with Crippen LogP contribution in [0.2, 0.25) is 0 Å². The summed E-state index contributed by atoms with van der Waals surface area (Å²) in [5, 5.41) is 11.1. The van der Waals surface area contributed by atoms with Gasteiger partial charge in [-0.05, 0) is 61.6 Å². The molecule has 0 saturated carbocycles. The lowest BCUT2D eigenvalue weighted by molar-refractivity contribution is -0.122. The average Bonchev–Trinajstić information content (AvgIpc) is 2.57. The number of nitrogens with one attached hydrogen (secondary N) is 1. The third kappa shape index (κ3) is 5.74. The number of hydrogen-bond acceptors (Lipinski definition) is 3. The number of carbonyl (C=O) groups excluding carboxylic acids is 1. The zero-order chi connectivity index (χ0) is 16.7. The average molecular weight is 317 g/mol. The van der Waals surface area contributed by atoms with Gasteiger partial charge in [0.25, 0.3) is 0 Å². The van der Waals surface area contributed by atoms with Gasteiger partial charge in [-0.1, -0.05) is 32.0 Å². The van der Waals surface area contributed by atoms with Gasteiger partial charge in [-0.3, -0.25) is 10.1 Å². The third-order valence-corrected chi connectivity index (χ3v) is 5.03. The van der Waals surface area contributed by atoms with E-state index in [0.717, 1.165) is 25.8 Å². The molecule has 3 rings (SSSR count). The van der Waals surface area contributed by atoms with E-state index in [2.05, 4.69) is 30.4 Å². The van der Waals surface area contributed by atoms with Crippen LogP contribution >= 0.6 is 0 Å². The topological polar surface area (TPSA) is 49.3 Å². The largest absolute Gasteiger partial charge is 0.379 e. The number of aliphatic hydroxyl groups is 1. The van der Waals surface area contributed by atoms with E-state index >= 15 is 0 Å². The highest BCUT2D eigenvalue weighted by Crippen LogP contribution is 2.23. The van der Waals surface area contributed by atoms with Crippen LogP contribution in [0.1, 0.15) is 62.6 Å². The van der Waals surface area contributed by atoms with Crippen molar-refractivity contribution in [3.63, 3.8) is 0 Å². The molecule has 0 aromatic heterocycles. The second-order valence-electron chi connectivity index (χ2n) is 6.84. The summed E-state index contributed by atoms with van der Waals surface area (Å²) < 4.78 is 0. The minimum absolute atomic E-state index is 0.185. The summed E-state index contributed by atoms with van der Waals surface area (Å²) in [6.07, 6.45) is 8.44. The fourth-order valence-corrected chi connectivity index (χ4v) is 2.96. The molecule has 1 aliphatic heterocycles. The van der Waals surface area contributed by atoms with Crippen molar-refractivity contribution in [2.45, 2.75) is 71.4 Å². The van der Waals surface area contributed by atoms with E-state index in [9.17, 15) is 4.79 Å². The number of aryl methyl sites for hydroxylation is 3. The molecule has 23 heavy (non-hydrogen) atoms. The minimum Gasteiger partial charge on any atom is -0.379 e. The van der Waals surface area contributed by atoms with Crippen molar-refractivity contribution < 1.29 is 9.90 Å². The Kier molecular flexibility index (Phi) is 7.25. The van der Waals surface area contributed by atoms with Crippen LogP contribution in [0.15, 0.2) is 18.2 Å². The Bertz CT molecular complexity index is 508. The Morgan fingerprint density at radius 3 is 2.52 bits per heavy atom. The summed E-state index contributed by atoms with van der Waals surface area (Å²) in [7, 11) is 0. The number of hydrogen-bond donors (Lipinski definition) is 2. The van der Waals surface area contributed by atoms with Gasteiger partial charge in [-0.2, -0.15) is 0 Å². The molecule has 2 atom stereocenters. The lowest BCUT2D eigenvalue weighted by atomic mass is 9.89. The molecule has 0 radical (unpaired) electrons. The van der Waals surface area contributed by atoms with Gasteiger partial charge in [0.15, 0.2) is 0 Å². The fraction of sp³-hybridized carbons (Fsp3) is 0.650. The smallest absolute Gasteiger partial charge is 0.136 e. The van der Waals surface area contributed by atoms with Crippen molar-refractivity contribution in [1.29, 1.82) is 0 Å². The number of aliphatic hydroxyl groups excluding tert-OH is 1. The van der Waals surface area contributed by atoms with Crippen LogP contribution in [0.25, 0.3) is 0 Å². The normalized spacial score (nSPS) is 20.6. The quantitative estimate of drug-likeness (QED) is 0.875. The Hall–Kier alpha value is -1.19. The lowest BCUT2D eigenvalue weighted by Gasteiger charge is -2.20. The molecule has 1 aromatic rings. The molecule has 1 saturated heterocycles. The summed E-state index contributed by atoms with van der Waals surface area (Å²) in [6, 6.07) is 6.82. The summed E-state index contributed by atoms with van der Waals surface area (Å²) in [5.41, 5.74) is 4.39. The first-order valence-corrected chi connectivity index (χ1v) is 9.15. The van der Waals surface area contributed by atoms with Crippen molar-refractivity contribution >= 4 is 5.78 Å². The number of Topliss-reactive ketones (excluding diaryl/α,β-unsaturated/α-hetero) is 1. The maximum atomic E-state index is 11.8.